The number of tetrazole rings is 1. The zero-order chi connectivity index (χ0) is 47.0. The van der Waals surface area contributed by atoms with Crippen LogP contribution in [0.15, 0.2) is 66.7 Å². The Morgan fingerprint density at radius 1 is 0.891 bits per heavy atom. The molecule has 0 spiro atoms. The minimum atomic E-state index is -5.08. The van der Waals surface area contributed by atoms with Gasteiger partial charge < -0.3 is 36.0 Å². The molecule has 1 heterocycles. The van der Waals surface area contributed by atoms with Crippen LogP contribution in [0.5, 0.6) is 0 Å². The van der Waals surface area contributed by atoms with E-state index >= 15 is 0 Å². The molecular weight excluding hydrogens is 836 g/mol. The molecule has 0 radical (unpaired) electrons. The Hall–Kier alpha value is -6.37. The maximum Gasteiger partial charge on any atom is 0.490 e. The largest absolute Gasteiger partial charge is 0.490 e. The zero-order valence-corrected chi connectivity index (χ0v) is 37.0. The standard InChI is InChI=1S/C43H57N9O5.C2HF3O2/c1-7-52(8-2)24-23-44-39(53)34-19-22-36(28(3)25-34)31-13-9-29(10-14-31)26-37(41(55)46-35-20-17-32(18-21-35)38-48-50-51-49-38)47-40(54)33-15-11-30(12-16-33)27-45-42(56)57-43(4,5)6;3-2(4,5)1(6)7/h9-10,13-14,17-22,25,30,33,37H,7-8,11-12,15-16,23-24,26-27H2,1-6H3,(H,44,53)(H,45,56)(H,46,55)(H,47,54)(H,48,49,50,51);(H,6,7)/t30?,33?,37-;/m0./s1. The fourth-order valence-corrected chi connectivity index (χ4v) is 7.04. The number of aliphatic carboxylic acids is 1. The van der Waals surface area contributed by atoms with Crippen molar-refractivity contribution in [2.75, 3.05) is 38.0 Å². The first kappa shape index (κ1) is 50.3. The number of nitrogens with zero attached hydrogens (tertiary/aromatic N) is 4. The highest BCUT2D eigenvalue weighted by atomic mass is 19.4. The van der Waals surface area contributed by atoms with Crippen molar-refractivity contribution in [1.29, 1.82) is 0 Å². The van der Waals surface area contributed by atoms with Gasteiger partial charge in [-0.15, -0.1) is 10.2 Å². The number of ether oxygens (including phenoxy) is 1. The van der Waals surface area contributed by atoms with E-state index in [-0.39, 0.29) is 36.0 Å². The second kappa shape index (κ2) is 23.4. The van der Waals surface area contributed by atoms with Crippen molar-refractivity contribution < 1.29 is 47.0 Å². The van der Waals surface area contributed by atoms with Crippen molar-refractivity contribution in [3.8, 4) is 22.5 Å². The van der Waals surface area contributed by atoms with Gasteiger partial charge in [0.15, 0.2) is 0 Å². The number of rotatable bonds is 16. The maximum atomic E-state index is 13.8. The molecular formula is C45H58F3N9O7. The third-order valence-corrected chi connectivity index (χ3v) is 10.6. The van der Waals surface area contributed by atoms with Gasteiger partial charge in [-0.05, 0) is 136 Å². The Bertz CT molecular complexity index is 2150. The lowest BCUT2D eigenvalue weighted by atomic mass is 9.81. The van der Waals surface area contributed by atoms with Crippen LogP contribution in [-0.2, 0) is 25.5 Å². The molecule has 16 nitrogen and oxygen atoms in total. The van der Waals surface area contributed by atoms with E-state index in [9.17, 15) is 32.3 Å². The second-order valence-electron chi connectivity index (χ2n) is 16.5. The van der Waals surface area contributed by atoms with Crippen molar-refractivity contribution in [3.63, 3.8) is 0 Å². The molecule has 1 aliphatic carbocycles. The van der Waals surface area contributed by atoms with E-state index in [4.69, 9.17) is 14.6 Å². The molecule has 1 fully saturated rings. The number of halogens is 3. The van der Waals surface area contributed by atoms with Crippen LogP contribution in [0.4, 0.5) is 23.7 Å². The van der Waals surface area contributed by atoms with Gasteiger partial charge in [-0.2, -0.15) is 18.4 Å². The number of carboxylic acid groups (broad SMARTS) is 1. The summed E-state index contributed by atoms with van der Waals surface area (Å²) in [5.74, 6) is -2.91. The number of likely N-dealkylation sites (N-methyl/N-ethyl adjacent to an activating group) is 1. The first-order valence-corrected chi connectivity index (χ1v) is 21.2. The summed E-state index contributed by atoms with van der Waals surface area (Å²) < 4.78 is 37.1. The van der Waals surface area contributed by atoms with Gasteiger partial charge >= 0.3 is 18.2 Å². The van der Waals surface area contributed by atoms with Gasteiger partial charge in [0.25, 0.3) is 5.91 Å². The number of aromatic amines is 1. The average Bonchev–Trinajstić information content (AvgIpc) is 3.80. The molecule has 1 aromatic heterocycles. The van der Waals surface area contributed by atoms with E-state index in [1.165, 1.54) is 0 Å². The summed E-state index contributed by atoms with van der Waals surface area (Å²) >= 11 is 0. The Labute approximate surface area is 370 Å². The molecule has 6 N–H and O–H groups in total. The number of alkyl halides is 3. The molecule has 0 aliphatic heterocycles. The van der Waals surface area contributed by atoms with E-state index in [0.717, 1.165) is 60.3 Å². The third kappa shape index (κ3) is 16.1. The van der Waals surface area contributed by atoms with Crippen molar-refractivity contribution in [1.82, 2.24) is 41.5 Å². The van der Waals surface area contributed by atoms with Crippen molar-refractivity contribution in [2.45, 2.75) is 91.5 Å². The lowest BCUT2D eigenvalue weighted by Gasteiger charge is -2.29. The number of alkyl carbamates (subject to hydrolysis) is 1. The average molecular weight is 894 g/mol. The van der Waals surface area contributed by atoms with Gasteiger partial charge in [0.1, 0.15) is 11.6 Å². The van der Waals surface area contributed by atoms with Crippen molar-refractivity contribution in [2.24, 2.45) is 11.8 Å². The molecule has 3 aromatic carbocycles. The SMILES string of the molecule is CCN(CC)CCNC(=O)c1ccc(-c2ccc(C[C@H](NC(=O)C3CCC(CNC(=O)OC(C)(C)C)CC3)C(=O)Nc3ccc(-c4nn[nH]n4)cc3)cc2)c(C)c1.O=C(O)C(F)(F)F. The van der Waals surface area contributed by atoms with Crippen LogP contribution in [0.2, 0.25) is 0 Å². The quantitative estimate of drug-likeness (QED) is 0.0709. The van der Waals surface area contributed by atoms with E-state index in [1.807, 2.05) is 70.2 Å². The lowest BCUT2D eigenvalue weighted by molar-refractivity contribution is -0.192. The molecule has 346 valence electrons. The second-order valence-corrected chi connectivity index (χ2v) is 16.5. The fourth-order valence-electron chi connectivity index (χ4n) is 7.04. The molecule has 19 heteroatoms. The molecule has 0 unspecified atom stereocenters. The normalized spacial score (nSPS) is 15.5. The summed E-state index contributed by atoms with van der Waals surface area (Å²) in [6, 6.07) is 19.9. The van der Waals surface area contributed by atoms with Crippen molar-refractivity contribution >= 4 is 35.5 Å². The predicted octanol–water partition coefficient (Wildman–Crippen LogP) is 6.54. The lowest BCUT2D eigenvalue weighted by Crippen LogP contribution is -2.48. The van der Waals surface area contributed by atoms with Crippen LogP contribution in [-0.4, -0.2) is 111 Å². The Balaban J connectivity index is 0.00000118. The topological polar surface area (TPSA) is 221 Å². The zero-order valence-electron chi connectivity index (χ0n) is 37.0. The summed E-state index contributed by atoms with van der Waals surface area (Å²) in [6.07, 6.45) is -2.38. The molecule has 1 atom stereocenters. The summed E-state index contributed by atoms with van der Waals surface area (Å²) in [7, 11) is 0. The monoisotopic (exact) mass is 893 g/mol. The molecule has 64 heavy (non-hydrogen) atoms. The van der Waals surface area contributed by atoms with Gasteiger partial charge in [-0.25, -0.2) is 9.59 Å². The third-order valence-electron chi connectivity index (χ3n) is 10.6. The van der Waals surface area contributed by atoms with Gasteiger partial charge in [-0.3, -0.25) is 14.4 Å². The van der Waals surface area contributed by atoms with E-state index < -0.39 is 29.9 Å². The molecule has 4 amide bonds. The van der Waals surface area contributed by atoms with Gasteiger partial charge in [0.2, 0.25) is 17.6 Å². The Kier molecular flexibility index (Phi) is 18.3. The first-order valence-electron chi connectivity index (χ1n) is 21.2. The van der Waals surface area contributed by atoms with Gasteiger partial charge in [0.05, 0.1) is 0 Å². The van der Waals surface area contributed by atoms with E-state index in [1.54, 1.807) is 24.3 Å². The number of hydrogen-bond acceptors (Lipinski definition) is 10. The number of H-pyrrole nitrogens is 1. The summed E-state index contributed by atoms with van der Waals surface area (Å²) in [6.45, 7) is 15.5. The number of amides is 4. The van der Waals surface area contributed by atoms with Gasteiger partial charge in [0, 0.05) is 48.8 Å². The molecule has 1 aliphatic rings. The number of carbonyl (C=O) groups is 5. The molecule has 0 saturated heterocycles. The highest BCUT2D eigenvalue weighted by molar-refractivity contribution is 5.98. The van der Waals surface area contributed by atoms with Crippen LogP contribution in [0.1, 0.15) is 81.8 Å². The molecule has 0 bridgehead atoms. The minimum Gasteiger partial charge on any atom is -0.475 e. The van der Waals surface area contributed by atoms with Crippen LogP contribution in [0.3, 0.4) is 0 Å². The summed E-state index contributed by atoms with van der Waals surface area (Å²) in [5.41, 5.74) is 5.20. The van der Waals surface area contributed by atoms with Crippen molar-refractivity contribution in [3.05, 3.63) is 83.4 Å². The maximum absolute atomic E-state index is 13.8. The molecule has 5 rings (SSSR count). The number of carboxylic acids is 1. The minimum absolute atomic E-state index is 0.0929. The Morgan fingerprint density at radius 2 is 1.52 bits per heavy atom. The highest BCUT2D eigenvalue weighted by Gasteiger charge is 2.38. The number of aromatic nitrogens is 4. The summed E-state index contributed by atoms with van der Waals surface area (Å²) in [5, 5.41) is 33.1. The number of hydrogen-bond donors (Lipinski definition) is 6. The van der Waals surface area contributed by atoms with Crippen LogP contribution >= 0.6 is 0 Å². The van der Waals surface area contributed by atoms with Crippen LogP contribution in [0.25, 0.3) is 22.5 Å². The number of benzene rings is 3. The number of carbonyl (C=O) groups excluding carboxylic acids is 4. The number of aryl methyl sites for hydroxylation is 1. The van der Waals surface area contributed by atoms with Crippen LogP contribution in [0, 0.1) is 18.8 Å². The number of nitrogens with one attached hydrogen (secondary N) is 5. The first-order chi connectivity index (χ1) is 30.3. The smallest absolute Gasteiger partial charge is 0.475 e. The van der Waals surface area contributed by atoms with Gasteiger partial charge in [-0.1, -0.05) is 44.2 Å². The molecule has 4 aromatic rings. The predicted molar refractivity (Wildman–Crippen MR) is 234 cm³/mol. The van der Waals surface area contributed by atoms with E-state index in [2.05, 4.69) is 60.6 Å². The summed E-state index contributed by atoms with van der Waals surface area (Å²) in [4.78, 5) is 63.7. The highest BCUT2D eigenvalue weighted by Crippen LogP contribution is 2.30. The van der Waals surface area contributed by atoms with Crippen LogP contribution < -0.4 is 21.3 Å². The molecule has 1 saturated carbocycles. The Morgan fingerprint density at radius 3 is 2.06 bits per heavy atom. The fraction of sp³-hybridized carbons (Fsp3) is 0.467. The van der Waals surface area contributed by atoms with E-state index in [0.29, 0.717) is 43.0 Å². The number of anilines is 1.